The summed E-state index contributed by atoms with van der Waals surface area (Å²) in [5.41, 5.74) is 11.8. The van der Waals surface area contributed by atoms with Gasteiger partial charge in [-0.1, -0.05) is 18.3 Å². The maximum atomic E-state index is 14.6. The van der Waals surface area contributed by atoms with E-state index in [0.717, 1.165) is 11.6 Å². The lowest BCUT2D eigenvalue weighted by Crippen LogP contribution is -2.37. The molecule has 1 aromatic heterocycles. The Kier molecular flexibility index (Phi) is 7.32. The molecule has 8 nitrogen and oxygen atoms in total. The average Bonchev–Trinajstić information content (AvgIpc) is 2.63. The molecule has 1 atom stereocenters. The van der Waals surface area contributed by atoms with Gasteiger partial charge in [-0.2, -0.15) is 0 Å². The first kappa shape index (κ1) is 21.9. The summed E-state index contributed by atoms with van der Waals surface area (Å²) in [6.45, 7) is 1.58. The van der Waals surface area contributed by atoms with Crippen molar-refractivity contribution >= 4 is 46.1 Å². The van der Waals surface area contributed by atoms with Crippen LogP contribution in [0.25, 0.3) is 0 Å². The van der Waals surface area contributed by atoms with Gasteiger partial charge < -0.3 is 27.5 Å². The molecule has 0 bridgehead atoms. The number of nitrogens with zero attached hydrogens (tertiary/aromatic N) is 1. The summed E-state index contributed by atoms with van der Waals surface area (Å²) < 4.78 is 14.6. The molecule has 2 aromatic rings. The van der Waals surface area contributed by atoms with Gasteiger partial charge in [0.25, 0.3) is 5.91 Å². The zero-order valence-electron chi connectivity index (χ0n) is 15.7. The van der Waals surface area contributed by atoms with Crippen LogP contribution in [0.15, 0.2) is 36.7 Å². The second kappa shape index (κ2) is 9.69. The molecule has 29 heavy (non-hydrogen) atoms. The van der Waals surface area contributed by atoms with E-state index >= 15 is 0 Å². The van der Waals surface area contributed by atoms with Crippen molar-refractivity contribution in [1.82, 2.24) is 4.98 Å². The Hall–Kier alpha value is -3.40. The molecule has 1 heterocycles. The van der Waals surface area contributed by atoms with Gasteiger partial charge >= 0.3 is 0 Å². The highest BCUT2D eigenvalue weighted by Crippen LogP contribution is 2.26. The van der Waals surface area contributed by atoms with E-state index in [9.17, 15) is 14.0 Å². The number of benzene rings is 1. The van der Waals surface area contributed by atoms with E-state index in [1.54, 1.807) is 31.5 Å². The molecule has 0 spiro atoms. The largest absolute Gasteiger partial charge is 0.371 e. The molecule has 0 saturated heterocycles. The molecule has 0 aliphatic heterocycles. The number of hydrogen-bond acceptors (Lipinski definition) is 6. The fourth-order valence-corrected chi connectivity index (χ4v) is 2.92. The van der Waals surface area contributed by atoms with Crippen LogP contribution in [0.4, 0.5) is 15.8 Å². The Morgan fingerprint density at radius 1 is 1.31 bits per heavy atom. The van der Waals surface area contributed by atoms with Crippen LogP contribution >= 0.6 is 12.2 Å². The quantitative estimate of drug-likeness (QED) is 0.312. The van der Waals surface area contributed by atoms with Crippen LogP contribution in [0.3, 0.4) is 0 Å². The van der Waals surface area contributed by atoms with Gasteiger partial charge in [-0.3, -0.25) is 14.6 Å². The van der Waals surface area contributed by atoms with Crippen LogP contribution in [0.5, 0.6) is 0 Å². The maximum absolute atomic E-state index is 14.6. The summed E-state index contributed by atoms with van der Waals surface area (Å²) in [7, 11) is 0. The van der Waals surface area contributed by atoms with Crippen molar-refractivity contribution in [2.45, 2.75) is 25.8 Å². The van der Waals surface area contributed by atoms with E-state index in [-0.39, 0.29) is 34.8 Å². The number of hydrogen-bond donors (Lipinski definition) is 5. The van der Waals surface area contributed by atoms with E-state index in [4.69, 9.17) is 29.1 Å². The highest BCUT2D eigenvalue weighted by Gasteiger charge is 2.20. The fourth-order valence-electron chi connectivity index (χ4n) is 2.59. The number of pyridine rings is 1. The molecule has 0 fully saturated rings. The first-order valence-electron chi connectivity index (χ1n) is 8.59. The number of anilines is 2. The number of rotatable bonds is 9. The molecule has 10 heteroatoms. The van der Waals surface area contributed by atoms with Crippen molar-refractivity contribution in [3.8, 4) is 0 Å². The lowest BCUT2D eigenvalue weighted by atomic mass is 10.1. The van der Waals surface area contributed by atoms with Crippen LogP contribution in [-0.2, 0) is 11.2 Å². The first-order chi connectivity index (χ1) is 13.7. The Morgan fingerprint density at radius 3 is 2.59 bits per heavy atom. The van der Waals surface area contributed by atoms with Crippen LogP contribution in [-0.4, -0.2) is 33.5 Å². The Morgan fingerprint density at radius 2 is 2.03 bits per heavy atom. The fraction of sp³-hybridized carbons (Fsp3) is 0.211. The second-order valence-electron chi connectivity index (χ2n) is 6.41. The molecule has 0 saturated carbocycles. The van der Waals surface area contributed by atoms with Gasteiger partial charge in [0, 0.05) is 30.9 Å². The third-order valence-electron chi connectivity index (χ3n) is 3.91. The monoisotopic (exact) mass is 416 g/mol. The van der Waals surface area contributed by atoms with Crippen LogP contribution in [0.2, 0.25) is 0 Å². The molecular formula is C19H21FN6O2S. The van der Waals surface area contributed by atoms with Gasteiger partial charge in [-0.25, -0.2) is 4.39 Å². The number of thiocarbonyl (C=S) groups is 1. The standard InChI is InChI=1S/C19H21FN6O2S/c1-10(21)5-17(29)26-14-8-15(13(20)7-12(14)18(22)27)25-16(19(23)28)6-11-3-2-4-24-9-11/h2-4,7-9,16,21,25H,5-6H2,1H3,(H2,22,27)(H2,23,28)(H,26,29). The minimum absolute atomic E-state index is 0.0560. The number of halogens is 1. The molecular weight excluding hydrogens is 395 g/mol. The Labute approximate surface area is 172 Å². The molecule has 0 radical (unpaired) electrons. The highest BCUT2D eigenvalue weighted by molar-refractivity contribution is 7.80. The van der Waals surface area contributed by atoms with Crippen molar-refractivity contribution in [3.63, 3.8) is 0 Å². The van der Waals surface area contributed by atoms with E-state index in [1.165, 1.54) is 6.07 Å². The normalized spacial score (nSPS) is 11.4. The zero-order chi connectivity index (χ0) is 21.6. The third-order valence-corrected chi connectivity index (χ3v) is 4.15. The second-order valence-corrected chi connectivity index (χ2v) is 6.90. The molecule has 2 rings (SSSR count). The Balaban J connectivity index is 2.33. The number of carbonyl (C=O) groups excluding carboxylic acids is 2. The van der Waals surface area contributed by atoms with E-state index in [1.807, 2.05) is 0 Å². The maximum Gasteiger partial charge on any atom is 0.250 e. The lowest BCUT2D eigenvalue weighted by molar-refractivity contribution is -0.118. The average molecular weight is 416 g/mol. The van der Waals surface area contributed by atoms with Crippen LogP contribution in [0, 0.1) is 11.2 Å². The number of carbonyl (C=O) groups is 2. The minimum atomic E-state index is -0.920. The summed E-state index contributed by atoms with van der Waals surface area (Å²) in [5, 5.41) is 13.1. The van der Waals surface area contributed by atoms with Crippen molar-refractivity contribution in [2.24, 2.45) is 11.5 Å². The Bertz CT molecular complexity index is 951. The number of primary amides is 2. The molecule has 0 aliphatic carbocycles. The predicted molar refractivity (Wildman–Crippen MR) is 114 cm³/mol. The van der Waals surface area contributed by atoms with Gasteiger partial charge in [-0.05, 0) is 30.7 Å². The molecule has 1 aromatic carbocycles. The van der Waals surface area contributed by atoms with Crippen LogP contribution in [0.1, 0.15) is 29.3 Å². The van der Waals surface area contributed by atoms with Gasteiger partial charge in [-0.15, -0.1) is 0 Å². The summed E-state index contributed by atoms with van der Waals surface area (Å²) in [4.78, 5) is 27.8. The smallest absolute Gasteiger partial charge is 0.250 e. The van der Waals surface area contributed by atoms with Crippen LogP contribution < -0.4 is 22.1 Å². The van der Waals surface area contributed by atoms with Gasteiger partial charge in [0.2, 0.25) is 5.91 Å². The van der Waals surface area contributed by atoms with E-state index in [0.29, 0.717) is 5.71 Å². The van der Waals surface area contributed by atoms with E-state index < -0.39 is 23.7 Å². The van der Waals surface area contributed by atoms with Crippen molar-refractivity contribution in [1.29, 1.82) is 5.41 Å². The summed E-state index contributed by atoms with van der Waals surface area (Å²) in [6.07, 6.45) is 3.53. The summed E-state index contributed by atoms with van der Waals surface area (Å²) in [6, 6.07) is 4.80. The predicted octanol–water partition coefficient (Wildman–Crippen LogP) is 2.00. The van der Waals surface area contributed by atoms with Gasteiger partial charge in [0.15, 0.2) is 0 Å². The summed E-state index contributed by atoms with van der Waals surface area (Å²) in [5.74, 6) is -2.32. The number of amides is 2. The topological polar surface area (TPSA) is 147 Å². The SMILES string of the molecule is CC(=N)CC(=S)Nc1cc(NC(Cc2cccnc2)C(N)=O)c(F)cc1C(N)=O. The van der Waals surface area contributed by atoms with Gasteiger partial charge in [0.1, 0.15) is 11.9 Å². The van der Waals surface area contributed by atoms with Crippen molar-refractivity contribution < 1.29 is 14.0 Å². The molecule has 152 valence electrons. The summed E-state index contributed by atoms with van der Waals surface area (Å²) >= 11 is 5.15. The third kappa shape index (κ3) is 6.32. The van der Waals surface area contributed by atoms with Crippen molar-refractivity contribution in [2.75, 3.05) is 10.6 Å². The van der Waals surface area contributed by atoms with Gasteiger partial charge in [0.05, 0.1) is 21.9 Å². The molecule has 1 unspecified atom stereocenters. The number of nitrogens with two attached hydrogens (primary N) is 2. The number of aromatic nitrogens is 1. The number of nitrogens with one attached hydrogen (secondary N) is 3. The molecule has 0 aliphatic rings. The highest BCUT2D eigenvalue weighted by atomic mass is 32.1. The van der Waals surface area contributed by atoms with E-state index in [2.05, 4.69) is 15.6 Å². The first-order valence-corrected chi connectivity index (χ1v) is 9.00. The van der Waals surface area contributed by atoms with Crippen molar-refractivity contribution in [3.05, 3.63) is 53.6 Å². The molecule has 2 amide bonds. The minimum Gasteiger partial charge on any atom is -0.371 e. The lowest BCUT2D eigenvalue weighted by Gasteiger charge is -2.19. The zero-order valence-corrected chi connectivity index (χ0v) is 16.5. The molecule has 7 N–H and O–H groups in total.